The smallest absolute Gasteiger partial charge is 0.342 e. The minimum atomic E-state index is -0.395. The van der Waals surface area contributed by atoms with Gasteiger partial charge in [-0.05, 0) is 36.7 Å². The molecule has 4 nitrogen and oxygen atoms in total. The molecule has 0 heterocycles. The van der Waals surface area contributed by atoms with E-state index in [0.29, 0.717) is 39.8 Å². The van der Waals surface area contributed by atoms with Gasteiger partial charge in [-0.15, -0.1) is 0 Å². The molecule has 0 spiro atoms. The molecule has 0 amide bonds. The summed E-state index contributed by atoms with van der Waals surface area (Å²) >= 11 is 6.04. The number of esters is 1. The van der Waals surface area contributed by atoms with Crippen molar-refractivity contribution in [1.29, 1.82) is 0 Å². The van der Waals surface area contributed by atoms with Crippen molar-refractivity contribution in [1.82, 2.24) is 0 Å². The number of nitrogens with two attached hydrogens (primary N) is 1. The number of rotatable bonds is 4. The molecule has 5 heteroatoms. The number of ether oxygens (including phenoxy) is 2. The first kappa shape index (κ1) is 17.9. The number of benzene rings is 1. The molecule has 3 atom stereocenters. The lowest BCUT2D eigenvalue weighted by molar-refractivity contribution is -0.0176. The van der Waals surface area contributed by atoms with Crippen LogP contribution in [0.15, 0.2) is 12.1 Å². The van der Waals surface area contributed by atoms with Gasteiger partial charge in [0.25, 0.3) is 0 Å². The number of nitrogen functional groups attached to an aromatic ring is 1. The van der Waals surface area contributed by atoms with Gasteiger partial charge >= 0.3 is 5.97 Å². The third-order valence-electron chi connectivity index (χ3n) is 4.76. The van der Waals surface area contributed by atoms with Gasteiger partial charge < -0.3 is 15.2 Å². The van der Waals surface area contributed by atoms with Gasteiger partial charge in [0.1, 0.15) is 17.4 Å². The molecule has 0 saturated heterocycles. The minimum Gasteiger partial charge on any atom is -0.496 e. The maximum atomic E-state index is 12.6. The highest BCUT2D eigenvalue weighted by Crippen LogP contribution is 2.37. The Bertz CT molecular complexity index is 574. The number of hydrogen-bond acceptors (Lipinski definition) is 4. The van der Waals surface area contributed by atoms with Crippen molar-refractivity contribution in [2.24, 2.45) is 17.8 Å². The molecule has 1 aromatic carbocycles. The summed E-state index contributed by atoms with van der Waals surface area (Å²) < 4.78 is 11.1. The van der Waals surface area contributed by atoms with Crippen LogP contribution in [0.25, 0.3) is 0 Å². The zero-order valence-corrected chi connectivity index (χ0v) is 15.0. The summed E-state index contributed by atoms with van der Waals surface area (Å²) in [6.45, 7) is 6.57. The maximum Gasteiger partial charge on any atom is 0.342 e. The number of carbonyl (C=O) groups is 1. The normalized spacial score (nSPS) is 24.5. The molecular formula is C18H26ClNO3. The molecule has 1 fully saturated rings. The van der Waals surface area contributed by atoms with Gasteiger partial charge in [-0.3, -0.25) is 0 Å². The lowest BCUT2D eigenvalue weighted by Crippen LogP contribution is -2.36. The van der Waals surface area contributed by atoms with E-state index in [2.05, 4.69) is 20.8 Å². The van der Waals surface area contributed by atoms with Crippen molar-refractivity contribution in [3.05, 3.63) is 22.7 Å². The monoisotopic (exact) mass is 339 g/mol. The molecule has 23 heavy (non-hydrogen) atoms. The molecule has 1 aliphatic rings. The van der Waals surface area contributed by atoms with Crippen molar-refractivity contribution in [3.8, 4) is 5.75 Å². The lowest BCUT2D eigenvalue weighted by atomic mass is 9.75. The van der Waals surface area contributed by atoms with Crippen LogP contribution in [0, 0.1) is 17.8 Å². The quantitative estimate of drug-likeness (QED) is 0.645. The van der Waals surface area contributed by atoms with Crippen molar-refractivity contribution in [2.75, 3.05) is 12.8 Å². The SMILES string of the molecule is COc1cc(N)c(Cl)cc1C(=O)OC1CC(C)CCC1C(C)C. The number of methoxy groups -OCH3 is 1. The first-order valence-electron chi connectivity index (χ1n) is 8.17. The summed E-state index contributed by atoms with van der Waals surface area (Å²) in [4.78, 5) is 12.6. The Labute approximate surface area is 143 Å². The Kier molecular flexibility index (Phi) is 5.79. The van der Waals surface area contributed by atoms with Crippen LogP contribution in [-0.4, -0.2) is 19.2 Å². The molecule has 2 rings (SSSR count). The zero-order chi connectivity index (χ0) is 17.1. The highest BCUT2D eigenvalue weighted by Gasteiger charge is 2.34. The first-order valence-corrected chi connectivity index (χ1v) is 8.55. The second-order valence-electron chi connectivity index (χ2n) is 6.84. The average Bonchev–Trinajstić information content (AvgIpc) is 2.49. The highest BCUT2D eigenvalue weighted by molar-refractivity contribution is 6.33. The van der Waals surface area contributed by atoms with E-state index in [4.69, 9.17) is 26.8 Å². The summed E-state index contributed by atoms with van der Waals surface area (Å²) in [5, 5.41) is 0.329. The van der Waals surface area contributed by atoms with Gasteiger partial charge in [-0.2, -0.15) is 0 Å². The number of halogens is 1. The Morgan fingerprint density at radius 2 is 2.04 bits per heavy atom. The fourth-order valence-corrected chi connectivity index (χ4v) is 3.51. The summed E-state index contributed by atoms with van der Waals surface area (Å²) in [6, 6.07) is 3.08. The van der Waals surface area contributed by atoms with Crippen LogP contribution in [0.4, 0.5) is 5.69 Å². The van der Waals surface area contributed by atoms with Crippen LogP contribution in [0.2, 0.25) is 5.02 Å². The molecular weight excluding hydrogens is 314 g/mol. The average molecular weight is 340 g/mol. The Balaban J connectivity index is 2.21. The largest absolute Gasteiger partial charge is 0.496 e. The predicted octanol–water partition coefficient (Wildman–Crippen LogP) is 4.55. The third kappa shape index (κ3) is 4.11. The number of carbonyl (C=O) groups excluding carboxylic acids is 1. The van der Waals surface area contributed by atoms with E-state index in [-0.39, 0.29) is 6.10 Å². The van der Waals surface area contributed by atoms with Crippen LogP contribution < -0.4 is 10.5 Å². The molecule has 3 unspecified atom stereocenters. The van der Waals surface area contributed by atoms with Crippen molar-refractivity contribution < 1.29 is 14.3 Å². The Morgan fingerprint density at radius 3 is 2.65 bits per heavy atom. The van der Waals surface area contributed by atoms with Crippen molar-refractivity contribution >= 4 is 23.3 Å². The minimum absolute atomic E-state index is 0.0627. The molecule has 0 radical (unpaired) electrons. The van der Waals surface area contributed by atoms with Gasteiger partial charge in [0, 0.05) is 6.07 Å². The summed E-state index contributed by atoms with van der Waals surface area (Å²) in [6.07, 6.45) is 3.12. The van der Waals surface area contributed by atoms with Crippen LogP contribution in [-0.2, 0) is 4.74 Å². The maximum absolute atomic E-state index is 12.6. The fraction of sp³-hybridized carbons (Fsp3) is 0.611. The molecule has 1 saturated carbocycles. The molecule has 1 aromatic rings. The van der Waals surface area contributed by atoms with Gasteiger partial charge in [0.05, 0.1) is 17.8 Å². The molecule has 0 aromatic heterocycles. The van der Waals surface area contributed by atoms with Gasteiger partial charge in [0.15, 0.2) is 0 Å². The zero-order valence-electron chi connectivity index (χ0n) is 14.3. The topological polar surface area (TPSA) is 61.5 Å². The highest BCUT2D eigenvalue weighted by atomic mass is 35.5. The third-order valence-corrected chi connectivity index (χ3v) is 5.09. The fourth-order valence-electron chi connectivity index (χ4n) is 3.35. The van der Waals surface area contributed by atoms with Gasteiger partial charge in [0.2, 0.25) is 0 Å². The Hall–Kier alpha value is -1.42. The molecule has 0 aliphatic heterocycles. The van der Waals surface area contributed by atoms with Crippen molar-refractivity contribution in [2.45, 2.75) is 46.1 Å². The Morgan fingerprint density at radius 1 is 1.35 bits per heavy atom. The standard InChI is InChI=1S/C18H26ClNO3/c1-10(2)12-6-5-11(3)7-17(12)23-18(21)13-8-14(19)15(20)9-16(13)22-4/h8-12,17H,5-7,20H2,1-4H3. The molecule has 1 aliphatic carbocycles. The number of hydrogen-bond donors (Lipinski definition) is 1. The van der Waals surface area contributed by atoms with E-state index in [0.717, 1.165) is 12.8 Å². The molecule has 0 bridgehead atoms. The molecule has 2 N–H and O–H groups in total. The van der Waals surface area contributed by atoms with Crippen LogP contribution in [0.5, 0.6) is 5.75 Å². The van der Waals surface area contributed by atoms with E-state index in [9.17, 15) is 4.79 Å². The van der Waals surface area contributed by atoms with E-state index < -0.39 is 5.97 Å². The first-order chi connectivity index (χ1) is 10.8. The summed E-state index contributed by atoms with van der Waals surface area (Å²) in [5.74, 6) is 1.44. The van der Waals surface area contributed by atoms with E-state index in [1.807, 2.05) is 0 Å². The van der Waals surface area contributed by atoms with Crippen LogP contribution in [0.1, 0.15) is 50.4 Å². The predicted molar refractivity (Wildman–Crippen MR) is 93.0 cm³/mol. The van der Waals surface area contributed by atoms with Crippen LogP contribution >= 0.6 is 11.6 Å². The lowest BCUT2D eigenvalue weighted by Gasteiger charge is -2.36. The van der Waals surface area contributed by atoms with Gasteiger partial charge in [-0.1, -0.05) is 38.8 Å². The van der Waals surface area contributed by atoms with E-state index in [1.165, 1.54) is 19.6 Å². The second kappa shape index (κ2) is 7.43. The summed E-state index contributed by atoms with van der Waals surface area (Å²) in [7, 11) is 1.50. The number of anilines is 1. The van der Waals surface area contributed by atoms with Crippen LogP contribution in [0.3, 0.4) is 0 Å². The van der Waals surface area contributed by atoms with E-state index in [1.54, 1.807) is 6.07 Å². The van der Waals surface area contributed by atoms with Gasteiger partial charge in [-0.25, -0.2) is 4.79 Å². The van der Waals surface area contributed by atoms with E-state index >= 15 is 0 Å². The molecule has 128 valence electrons. The second-order valence-corrected chi connectivity index (χ2v) is 7.25. The summed E-state index contributed by atoms with van der Waals surface area (Å²) in [5.41, 5.74) is 6.47. The van der Waals surface area contributed by atoms with Crippen molar-refractivity contribution in [3.63, 3.8) is 0 Å².